The van der Waals surface area contributed by atoms with E-state index in [4.69, 9.17) is 9.47 Å². The van der Waals surface area contributed by atoms with Crippen molar-refractivity contribution in [1.82, 2.24) is 0 Å². The molecule has 0 bridgehead atoms. The summed E-state index contributed by atoms with van der Waals surface area (Å²) in [4.78, 5) is 24.6. The summed E-state index contributed by atoms with van der Waals surface area (Å²) in [6.07, 6.45) is 8.60. The van der Waals surface area contributed by atoms with Crippen LogP contribution in [-0.4, -0.2) is 47.1 Å². The number of cyclic esters (lactones) is 1. The van der Waals surface area contributed by atoms with Crippen LogP contribution in [0.15, 0.2) is 23.8 Å². The molecule has 3 rings (SSSR count). The third-order valence-corrected chi connectivity index (χ3v) is 7.46. The molecule has 6 nitrogen and oxygen atoms in total. The standard InChI is InChI=1S/C25H38O6/c1-5-25(3,4)24(29)31-21-11-16(14-26)10-17-7-6-15(2)20(23(17)21)9-8-19-12-18(27)13-22(28)30-19/h6-7,10,15-16,18-21,23,26-27H,5,8-9,11-14H2,1-4H3/t15-,16+,18-,19-,20-,21+,23-/m1/s1. The van der Waals surface area contributed by atoms with E-state index in [2.05, 4.69) is 25.2 Å². The third kappa shape index (κ3) is 5.58. The van der Waals surface area contributed by atoms with Gasteiger partial charge in [0.15, 0.2) is 0 Å². The van der Waals surface area contributed by atoms with E-state index in [0.717, 1.165) is 12.0 Å². The number of carbonyl (C=O) groups excluding carboxylic acids is 2. The maximum atomic E-state index is 12.9. The average molecular weight is 435 g/mol. The third-order valence-electron chi connectivity index (χ3n) is 7.46. The Labute approximate surface area is 185 Å². The van der Waals surface area contributed by atoms with E-state index in [-0.39, 0.29) is 60.8 Å². The molecule has 2 N–H and O–H groups in total. The van der Waals surface area contributed by atoms with Crippen LogP contribution < -0.4 is 0 Å². The molecule has 0 spiro atoms. The fourth-order valence-corrected chi connectivity index (χ4v) is 5.08. The maximum Gasteiger partial charge on any atom is 0.311 e. The predicted molar refractivity (Wildman–Crippen MR) is 117 cm³/mol. The highest BCUT2D eigenvalue weighted by molar-refractivity contribution is 5.76. The normalized spacial score (nSPS) is 35.7. The van der Waals surface area contributed by atoms with Gasteiger partial charge in [0.2, 0.25) is 0 Å². The summed E-state index contributed by atoms with van der Waals surface area (Å²) >= 11 is 0. The van der Waals surface area contributed by atoms with E-state index in [1.807, 2.05) is 20.8 Å². The van der Waals surface area contributed by atoms with Crippen LogP contribution in [-0.2, 0) is 19.1 Å². The van der Waals surface area contributed by atoms with Crippen molar-refractivity contribution in [2.75, 3.05) is 6.61 Å². The van der Waals surface area contributed by atoms with Crippen LogP contribution >= 0.6 is 0 Å². The second-order valence-corrected chi connectivity index (χ2v) is 10.2. The SMILES string of the molecule is CCC(C)(C)C(=O)O[C@H]1C[C@@H](CO)C=C2C=C[C@@H](C)[C@@H](CC[C@@H]3C[C@@H](O)CC(=O)O3)[C@@H]21. The lowest BCUT2D eigenvalue weighted by Crippen LogP contribution is -2.44. The van der Waals surface area contributed by atoms with Crippen molar-refractivity contribution in [3.63, 3.8) is 0 Å². The summed E-state index contributed by atoms with van der Waals surface area (Å²) in [5.41, 5.74) is 0.579. The minimum Gasteiger partial charge on any atom is -0.462 e. The maximum absolute atomic E-state index is 12.9. The number of carbonyl (C=O) groups is 2. The Hall–Kier alpha value is -1.66. The van der Waals surface area contributed by atoms with E-state index < -0.39 is 11.5 Å². The van der Waals surface area contributed by atoms with E-state index in [1.165, 1.54) is 0 Å². The highest BCUT2D eigenvalue weighted by Gasteiger charge is 2.43. The molecule has 0 radical (unpaired) electrons. The molecule has 0 amide bonds. The molecule has 0 aromatic carbocycles. The highest BCUT2D eigenvalue weighted by Crippen LogP contribution is 2.45. The quantitative estimate of drug-likeness (QED) is 0.595. The number of allylic oxidation sites excluding steroid dienone is 2. The molecular weight excluding hydrogens is 396 g/mol. The molecule has 7 atom stereocenters. The van der Waals surface area contributed by atoms with Crippen LogP contribution in [0, 0.1) is 29.1 Å². The minimum absolute atomic E-state index is 0.0260. The van der Waals surface area contributed by atoms with Crippen LogP contribution in [0.5, 0.6) is 0 Å². The number of esters is 2. The second-order valence-electron chi connectivity index (χ2n) is 10.2. The summed E-state index contributed by atoms with van der Waals surface area (Å²) < 4.78 is 11.6. The predicted octanol–water partition coefficient (Wildman–Crippen LogP) is 3.56. The number of hydrogen-bond donors (Lipinski definition) is 2. The first-order chi connectivity index (χ1) is 14.6. The van der Waals surface area contributed by atoms with Gasteiger partial charge < -0.3 is 19.7 Å². The molecule has 2 aliphatic carbocycles. The van der Waals surface area contributed by atoms with Gasteiger partial charge in [0, 0.05) is 24.9 Å². The molecule has 3 aliphatic rings. The van der Waals surface area contributed by atoms with Crippen LogP contribution in [0.2, 0.25) is 0 Å². The van der Waals surface area contributed by atoms with Gasteiger partial charge in [0.05, 0.1) is 17.9 Å². The van der Waals surface area contributed by atoms with Crippen LogP contribution in [0.1, 0.15) is 66.2 Å². The lowest BCUT2D eigenvalue weighted by molar-refractivity contribution is -0.166. The van der Waals surface area contributed by atoms with Crippen molar-refractivity contribution in [3.05, 3.63) is 23.8 Å². The van der Waals surface area contributed by atoms with Gasteiger partial charge in [-0.2, -0.15) is 0 Å². The van der Waals surface area contributed by atoms with Crippen LogP contribution in [0.3, 0.4) is 0 Å². The van der Waals surface area contributed by atoms with E-state index in [9.17, 15) is 19.8 Å². The lowest BCUT2D eigenvalue weighted by Gasteiger charge is -2.44. The molecule has 1 heterocycles. The number of ether oxygens (including phenoxy) is 2. The van der Waals surface area contributed by atoms with Crippen molar-refractivity contribution in [2.45, 2.75) is 84.5 Å². The molecule has 0 aromatic heterocycles. The van der Waals surface area contributed by atoms with Crippen molar-refractivity contribution in [3.8, 4) is 0 Å². The monoisotopic (exact) mass is 434 g/mol. The van der Waals surface area contributed by atoms with Gasteiger partial charge in [-0.05, 0) is 56.9 Å². The van der Waals surface area contributed by atoms with Crippen molar-refractivity contribution < 1.29 is 29.3 Å². The molecule has 0 saturated carbocycles. The number of aliphatic hydroxyl groups is 2. The van der Waals surface area contributed by atoms with Gasteiger partial charge in [-0.15, -0.1) is 0 Å². The Morgan fingerprint density at radius 3 is 2.68 bits per heavy atom. The minimum atomic E-state index is -0.629. The Morgan fingerprint density at radius 1 is 1.29 bits per heavy atom. The molecule has 0 aromatic rings. The fraction of sp³-hybridized carbons (Fsp3) is 0.760. The van der Waals surface area contributed by atoms with Crippen LogP contribution in [0.4, 0.5) is 0 Å². The average Bonchev–Trinajstić information content (AvgIpc) is 2.72. The summed E-state index contributed by atoms with van der Waals surface area (Å²) in [7, 11) is 0. The topological polar surface area (TPSA) is 93.1 Å². The van der Waals surface area contributed by atoms with Gasteiger partial charge in [0.25, 0.3) is 0 Å². The molecule has 0 unspecified atom stereocenters. The zero-order valence-corrected chi connectivity index (χ0v) is 19.3. The molecule has 6 heteroatoms. The first-order valence-electron chi connectivity index (χ1n) is 11.7. The molecule has 31 heavy (non-hydrogen) atoms. The number of fused-ring (bicyclic) bond motifs is 1. The van der Waals surface area contributed by atoms with Gasteiger partial charge in [-0.25, -0.2) is 0 Å². The largest absolute Gasteiger partial charge is 0.462 e. The van der Waals surface area contributed by atoms with Crippen molar-refractivity contribution >= 4 is 11.9 Å². The highest BCUT2D eigenvalue weighted by atomic mass is 16.6. The van der Waals surface area contributed by atoms with Crippen molar-refractivity contribution in [2.24, 2.45) is 29.1 Å². The molecule has 1 aliphatic heterocycles. The Balaban J connectivity index is 1.79. The molecular formula is C25H38O6. The Bertz CT molecular complexity index is 724. The first-order valence-corrected chi connectivity index (χ1v) is 11.7. The summed E-state index contributed by atoms with van der Waals surface area (Å²) in [5, 5.41) is 19.7. The van der Waals surface area contributed by atoms with Gasteiger partial charge >= 0.3 is 11.9 Å². The van der Waals surface area contributed by atoms with Gasteiger partial charge in [-0.3, -0.25) is 9.59 Å². The van der Waals surface area contributed by atoms with E-state index in [0.29, 0.717) is 25.7 Å². The zero-order valence-electron chi connectivity index (χ0n) is 19.3. The summed E-state index contributed by atoms with van der Waals surface area (Å²) in [6, 6.07) is 0. The van der Waals surface area contributed by atoms with Gasteiger partial charge in [-0.1, -0.05) is 32.1 Å². The summed E-state index contributed by atoms with van der Waals surface area (Å²) in [6.45, 7) is 8.00. The number of aliphatic hydroxyl groups excluding tert-OH is 2. The fourth-order valence-electron chi connectivity index (χ4n) is 5.08. The Kier molecular flexibility index (Phi) is 7.63. The number of hydrogen-bond acceptors (Lipinski definition) is 6. The zero-order chi connectivity index (χ0) is 22.8. The first kappa shape index (κ1) is 24.0. The summed E-state index contributed by atoms with van der Waals surface area (Å²) in [5.74, 6) is 0.0282. The van der Waals surface area contributed by atoms with E-state index in [1.54, 1.807) is 0 Å². The number of rotatable bonds is 7. The van der Waals surface area contributed by atoms with Gasteiger partial charge in [0.1, 0.15) is 12.2 Å². The molecule has 1 saturated heterocycles. The smallest absolute Gasteiger partial charge is 0.311 e. The molecule has 174 valence electrons. The molecule has 1 fully saturated rings. The lowest BCUT2D eigenvalue weighted by atomic mass is 9.65. The van der Waals surface area contributed by atoms with E-state index >= 15 is 0 Å². The van der Waals surface area contributed by atoms with Crippen molar-refractivity contribution in [1.29, 1.82) is 0 Å². The van der Waals surface area contributed by atoms with Crippen LogP contribution in [0.25, 0.3) is 0 Å². The Morgan fingerprint density at radius 2 is 2.03 bits per heavy atom. The second kappa shape index (κ2) is 9.86.